The first-order valence-corrected chi connectivity index (χ1v) is 21.2. The van der Waals surface area contributed by atoms with Crippen molar-refractivity contribution in [1.82, 2.24) is 0 Å². The molecule has 0 saturated carbocycles. The molecule has 3 N–H and O–H groups in total. The van der Waals surface area contributed by atoms with Crippen LogP contribution < -0.4 is 0 Å². The molecule has 0 aliphatic carbocycles. The van der Waals surface area contributed by atoms with Crippen molar-refractivity contribution in [3.63, 3.8) is 0 Å². The summed E-state index contributed by atoms with van der Waals surface area (Å²) in [5, 5.41) is 9.79. The number of carbonyl (C=O) groups is 2. The lowest BCUT2D eigenvalue weighted by Gasteiger charge is -2.18. The number of hydrogen-bond acceptors (Lipinski definition) is 7. The summed E-state index contributed by atoms with van der Waals surface area (Å²) in [4.78, 5) is 42.7. The fourth-order valence-corrected chi connectivity index (χ4v) is 5.09. The molecule has 0 unspecified atom stereocenters. The minimum atomic E-state index is -4.79. The lowest BCUT2D eigenvalue weighted by molar-refractivity contribution is -0.161. The smallest absolute Gasteiger partial charge is 0.462 e. The van der Waals surface area contributed by atoms with E-state index in [-0.39, 0.29) is 25.6 Å². The number of phosphoric ester groups is 1. The highest BCUT2D eigenvalue weighted by molar-refractivity contribution is 7.46. The van der Waals surface area contributed by atoms with E-state index in [1.807, 2.05) is 24.3 Å². The number of carbonyl (C=O) groups excluding carboxylic acids is 2. The van der Waals surface area contributed by atoms with Crippen molar-refractivity contribution in [3.05, 3.63) is 97.2 Å². The SMILES string of the molecule is CC/C=C\C/C=C\C/C=C\C/C=C\CCCCCCC(=O)OC[C@H](COP(=O)(O)O)OC(=O)CCC/C=C\C/C=C\C/C=C\C/C=C\[C@H](O)CCCC. The van der Waals surface area contributed by atoms with Crippen LogP contribution in [0, 0.1) is 0 Å². The summed E-state index contributed by atoms with van der Waals surface area (Å²) in [7, 11) is -4.79. The second-order valence-corrected chi connectivity index (χ2v) is 13.9. The molecule has 0 fully saturated rings. The molecule has 0 aromatic rings. The van der Waals surface area contributed by atoms with Gasteiger partial charge >= 0.3 is 19.8 Å². The number of aliphatic hydroxyl groups excluding tert-OH is 1. The molecule has 53 heavy (non-hydrogen) atoms. The maximum atomic E-state index is 12.4. The van der Waals surface area contributed by atoms with E-state index in [2.05, 4.69) is 91.3 Å². The van der Waals surface area contributed by atoms with Crippen LogP contribution in [0.3, 0.4) is 0 Å². The Labute approximate surface area is 320 Å². The van der Waals surface area contributed by atoms with E-state index in [0.717, 1.165) is 89.9 Å². The molecule has 0 rings (SSSR count). The van der Waals surface area contributed by atoms with Gasteiger partial charge in [0.05, 0.1) is 12.7 Å². The fraction of sp³-hybridized carbons (Fsp3) is 0.581. The third-order valence-corrected chi connectivity index (χ3v) is 8.14. The third kappa shape index (κ3) is 40.0. The Morgan fingerprint density at radius 1 is 0.585 bits per heavy atom. The van der Waals surface area contributed by atoms with Crippen molar-refractivity contribution in [3.8, 4) is 0 Å². The molecule has 0 aliphatic rings. The summed E-state index contributed by atoms with van der Waals surface area (Å²) in [6.45, 7) is 3.32. The zero-order valence-corrected chi connectivity index (χ0v) is 33.4. The second kappa shape index (κ2) is 37.3. The molecular weight excluding hydrogens is 691 g/mol. The highest BCUT2D eigenvalue weighted by Gasteiger charge is 2.22. The van der Waals surface area contributed by atoms with Gasteiger partial charge in [-0.2, -0.15) is 0 Å². The van der Waals surface area contributed by atoms with Gasteiger partial charge in [-0.25, -0.2) is 4.57 Å². The lowest BCUT2D eigenvalue weighted by Crippen LogP contribution is -2.29. The van der Waals surface area contributed by atoms with Crippen LogP contribution in [0.4, 0.5) is 0 Å². The molecule has 0 saturated heterocycles. The zero-order chi connectivity index (χ0) is 39.1. The predicted octanol–water partition coefficient (Wildman–Crippen LogP) is 10.8. The largest absolute Gasteiger partial charge is 0.469 e. The number of phosphoric acid groups is 1. The average Bonchev–Trinajstić information content (AvgIpc) is 3.12. The van der Waals surface area contributed by atoms with Gasteiger partial charge in [-0.3, -0.25) is 14.1 Å². The Kier molecular flexibility index (Phi) is 35.1. The molecule has 0 aromatic heterocycles. The summed E-state index contributed by atoms with van der Waals surface area (Å²) in [6.07, 6.45) is 47.5. The van der Waals surface area contributed by atoms with Gasteiger partial charge in [0.1, 0.15) is 6.61 Å². The minimum absolute atomic E-state index is 0.107. The standard InChI is InChI=1S/C43H69O9P/c1-3-5-7-8-9-10-11-12-13-14-15-16-20-23-26-29-32-36-42(45)50-38-41(39-51-53(47,48)49)52-43(46)37-33-30-27-24-21-18-17-19-22-25-28-31-35-40(44)34-6-4-2/h5,7,9-10,12-13,15-18,22,24-25,27,31,35,40-41,44H,3-4,6,8,11,14,19-21,23,26,28-30,32-34,36-39H2,1-2H3,(H2,47,48,49)/b7-5-,10-9-,13-12-,16-15-,18-17-,25-22-,27-24-,35-31-/t40-,41-/m1/s1. The first-order chi connectivity index (χ1) is 25.7. The van der Waals surface area contributed by atoms with Gasteiger partial charge in [-0.15, -0.1) is 0 Å². The van der Waals surface area contributed by atoms with Gasteiger partial charge in [0.25, 0.3) is 0 Å². The first-order valence-electron chi connectivity index (χ1n) is 19.6. The molecular formula is C43H69O9P. The molecule has 0 radical (unpaired) electrons. The van der Waals surface area contributed by atoms with E-state index < -0.39 is 32.5 Å². The van der Waals surface area contributed by atoms with Crippen LogP contribution in [-0.2, 0) is 28.2 Å². The fourth-order valence-electron chi connectivity index (χ4n) is 4.73. The Hall–Kier alpha value is -3.07. The van der Waals surface area contributed by atoms with Gasteiger partial charge in [0.15, 0.2) is 6.10 Å². The van der Waals surface area contributed by atoms with Crippen molar-refractivity contribution in [1.29, 1.82) is 0 Å². The van der Waals surface area contributed by atoms with E-state index in [9.17, 15) is 19.3 Å². The molecule has 0 amide bonds. The van der Waals surface area contributed by atoms with Crippen LogP contribution >= 0.6 is 7.82 Å². The average molecular weight is 761 g/mol. The monoisotopic (exact) mass is 760 g/mol. The highest BCUT2D eigenvalue weighted by atomic mass is 31.2. The normalized spacial score (nSPS) is 14.1. The quantitative estimate of drug-likeness (QED) is 0.0253. The highest BCUT2D eigenvalue weighted by Crippen LogP contribution is 2.35. The van der Waals surface area contributed by atoms with Crippen molar-refractivity contribution in [2.24, 2.45) is 0 Å². The van der Waals surface area contributed by atoms with Crippen molar-refractivity contribution in [2.45, 2.75) is 148 Å². The molecule has 300 valence electrons. The predicted molar refractivity (Wildman–Crippen MR) is 217 cm³/mol. The van der Waals surface area contributed by atoms with E-state index in [1.54, 1.807) is 0 Å². The molecule has 0 bridgehead atoms. The number of aliphatic hydroxyl groups is 1. The Morgan fingerprint density at radius 3 is 1.62 bits per heavy atom. The van der Waals surface area contributed by atoms with Crippen molar-refractivity contribution < 1.29 is 43.0 Å². The summed E-state index contributed by atoms with van der Waals surface area (Å²) >= 11 is 0. The molecule has 0 aromatic carbocycles. The van der Waals surface area contributed by atoms with Crippen LogP contribution in [-0.4, -0.2) is 52.3 Å². The van der Waals surface area contributed by atoms with Crippen LogP contribution in [0.2, 0.25) is 0 Å². The summed E-state index contributed by atoms with van der Waals surface area (Å²) < 4.78 is 26.2. The Morgan fingerprint density at radius 2 is 1.08 bits per heavy atom. The van der Waals surface area contributed by atoms with E-state index in [0.29, 0.717) is 19.3 Å². The molecule has 10 heteroatoms. The van der Waals surface area contributed by atoms with Crippen LogP contribution in [0.15, 0.2) is 97.2 Å². The lowest BCUT2D eigenvalue weighted by atomic mass is 10.1. The van der Waals surface area contributed by atoms with E-state index >= 15 is 0 Å². The minimum Gasteiger partial charge on any atom is -0.462 e. The Bertz CT molecular complexity index is 1190. The maximum absolute atomic E-state index is 12.4. The van der Waals surface area contributed by atoms with Gasteiger partial charge in [-0.1, -0.05) is 137 Å². The van der Waals surface area contributed by atoms with Crippen molar-refractivity contribution >= 4 is 19.8 Å². The summed E-state index contributed by atoms with van der Waals surface area (Å²) in [6, 6.07) is 0. The van der Waals surface area contributed by atoms with Gasteiger partial charge in [0, 0.05) is 12.8 Å². The number of ether oxygens (including phenoxy) is 2. The zero-order valence-electron chi connectivity index (χ0n) is 32.5. The summed E-state index contributed by atoms with van der Waals surface area (Å²) in [5.41, 5.74) is 0. The molecule has 0 heterocycles. The first kappa shape index (κ1) is 49.9. The van der Waals surface area contributed by atoms with Crippen LogP contribution in [0.5, 0.6) is 0 Å². The summed E-state index contributed by atoms with van der Waals surface area (Å²) in [5.74, 6) is -1.01. The maximum Gasteiger partial charge on any atom is 0.469 e. The number of hydrogen-bond donors (Lipinski definition) is 3. The van der Waals surface area contributed by atoms with E-state index in [4.69, 9.17) is 19.3 Å². The number of unbranched alkanes of at least 4 members (excludes halogenated alkanes) is 6. The van der Waals surface area contributed by atoms with Gasteiger partial charge in [-0.05, 0) is 83.5 Å². The van der Waals surface area contributed by atoms with E-state index in [1.165, 1.54) is 0 Å². The molecule has 0 spiro atoms. The molecule has 0 aliphatic heterocycles. The van der Waals surface area contributed by atoms with Crippen molar-refractivity contribution in [2.75, 3.05) is 13.2 Å². The number of esters is 2. The van der Waals surface area contributed by atoms with Crippen LogP contribution in [0.1, 0.15) is 136 Å². The van der Waals surface area contributed by atoms with Gasteiger partial charge < -0.3 is 24.4 Å². The third-order valence-electron chi connectivity index (χ3n) is 7.66. The molecule has 2 atom stereocenters. The second-order valence-electron chi connectivity index (χ2n) is 12.7. The number of allylic oxidation sites excluding steroid dienone is 15. The van der Waals surface area contributed by atoms with Gasteiger partial charge in [0.2, 0.25) is 0 Å². The Balaban J connectivity index is 4.16. The topological polar surface area (TPSA) is 140 Å². The molecule has 9 nitrogen and oxygen atoms in total. The number of rotatable bonds is 34. The van der Waals surface area contributed by atoms with Crippen LogP contribution in [0.25, 0.3) is 0 Å².